The van der Waals surface area contributed by atoms with Gasteiger partial charge in [-0.25, -0.2) is 14.2 Å². The van der Waals surface area contributed by atoms with Crippen molar-refractivity contribution in [3.05, 3.63) is 41.8 Å². The molecule has 3 heterocycles. The molecule has 0 saturated carbocycles. The number of urea groups is 1. The van der Waals surface area contributed by atoms with Crippen LogP contribution in [-0.4, -0.2) is 85.2 Å². The minimum absolute atomic E-state index is 0.176. The quantitative estimate of drug-likeness (QED) is 0.831. The zero-order valence-electron chi connectivity index (χ0n) is 17.5. The Bertz CT molecular complexity index is 875. The van der Waals surface area contributed by atoms with Gasteiger partial charge >= 0.3 is 6.03 Å². The topological polar surface area (TPSA) is 67.8 Å². The third-order valence-electron chi connectivity index (χ3n) is 5.60. The fourth-order valence-electron chi connectivity index (χ4n) is 3.72. The molecule has 30 heavy (non-hydrogen) atoms. The van der Waals surface area contributed by atoms with Gasteiger partial charge in [0.15, 0.2) is 0 Å². The van der Waals surface area contributed by atoms with Crippen molar-refractivity contribution in [2.75, 3.05) is 74.5 Å². The van der Waals surface area contributed by atoms with Gasteiger partial charge in [0, 0.05) is 69.8 Å². The predicted octanol–water partition coefficient (Wildman–Crippen LogP) is 2.03. The lowest BCUT2D eigenvalue weighted by atomic mass is 10.3. The van der Waals surface area contributed by atoms with Crippen LogP contribution in [0.2, 0.25) is 0 Å². The smallest absolute Gasteiger partial charge is 0.321 e. The molecule has 2 aromatic rings. The summed E-state index contributed by atoms with van der Waals surface area (Å²) >= 11 is 0. The summed E-state index contributed by atoms with van der Waals surface area (Å²) in [6, 6.07) is 7.65. The first-order valence-corrected chi connectivity index (χ1v) is 10.3. The molecule has 2 amide bonds. The summed E-state index contributed by atoms with van der Waals surface area (Å²) < 4.78 is 13.0. The summed E-state index contributed by atoms with van der Waals surface area (Å²) in [5.74, 6) is 1.38. The Kier molecular flexibility index (Phi) is 5.98. The first kappa shape index (κ1) is 20.3. The maximum absolute atomic E-state index is 13.0. The predicted molar refractivity (Wildman–Crippen MR) is 116 cm³/mol. The second-order valence-electron chi connectivity index (χ2n) is 7.87. The molecule has 2 fully saturated rings. The van der Waals surface area contributed by atoms with Crippen LogP contribution in [-0.2, 0) is 0 Å². The number of hydrogen-bond donors (Lipinski definition) is 1. The number of aryl methyl sites for hydroxylation is 1. The van der Waals surface area contributed by atoms with E-state index in [1.54, 1.807) is 17.0 Å². The molecule has 2 aliphatic heterocycles. The molecule has 0 radical (unpaired) electrons. The Labute approximate surface area is 176 Å². The third-order valence-corrected chi connectivity index (χ3v) is 5.60. The molecule has 9 heteroatoms. The highest BCUT2D eigenvalue weighted by molar-refractivity contribution is 5.89. The lowest BCUT2D eigenvalue weighted by molar-refractivity contribution is 0.208. The number of nitrogens with zero attached hydrogens (tertiary/aromatic N) is 6. The summed E-state index contributed by atoms with van der Waals surface area (Å²) in [6.45, 7) is 8.47. The number of likely N-dealkylation sites (N-methyl/N-ethyl adjacent to an activating group) is 1. The van der Waals surface area contributed by atoms with Crippen LogP contribution in [0.5, 0.6) is 0 Å². The molecule has 0 atom stereocenters. The molecule has 1 aromatic heterocycles. The molecule has 1 aromatic carbocycles. The fraction of sp³-hybridized carbons (Fsp3) is 0.476. The van der Waals surface area contributed by atoms with Crippen molar-refractivity contribution in [3.63, 3.8) is 0 Å². The first-order valence-electron chi connectivity index (χ1n) is 10.3. The van der Waals surface area contributed by atoms with Gasteiger partial charge in [0.2, 0.25) is 5.95 Å². The molecule has 2 aliphatic rings. The number of halogens is 1. The van der Waals surface area contributed by atoms with Crippen molar-refractivity contribution in [1.82, 2.24) is 19.8 Å². The Balaban J connectivity index is 1.36. The van der Waals surface area contributed by atoms with E-state index in [0.717, 1.165) is 43.6 Å². The molecule has 160 valence electrons. The van der Waals surface area contributed by atoms with E-state index in [0.29, 0.717) is 31.9 Å². The van der Waals surface area contributed by atoms with E-state index in [2.05, 4.69) is 32.0 Å². The Morgan fingerprint density at radius 3 is 2.23 bits per heavy atom. The van der Waals surface area contributed by atoms with Crippen molar-refractivity contribution < 1.29 is 9.18 Å². The summed E-state index contributed by atoms with van der Waals surface area (Å²) in [6.07, 6.45) is 0. The van der Waals surface area contributed by atoms with Crippen LogP contribution in [0.4, 0.5) is 26.6 Å². The van der Waals surface area contributed by atoms with Gasteiger partial charge in [-0.1, -0.05) is 0 Å². The van der Waals surface area contributed by atoms with Crippen LogP contribution in [0.25, 0.3) is 0 Å². The van der Waals surface area contributed by atoms with Crippen LogP contribution >= 0.6 is 0 Å². The van der Waals surface area contributed by atoms with E-state index >= 15 is 0 Å². The SMILES string of the molecule is Cc1cc(N2CCN(C)CC2)nc(N2CCN(C(=O)Nc3ccc(F)cc3)CC2)n1. The maximum atomic E-state index is 13.0. The zero-order valence-corrected chi connectivity index (χ0v) is 17.5. The number of piperazine rings is 2. The molecule has 8 nitrogen and oxygen atoms in total. The van der Waals surface area contributed by atoms with Gasteiger partial charge in [0.05, 0.1) is 0 Å². The van der Waals surface area contributed by atoms with Crippen LogP contribution < -0.4 is 15.1 Å². The maximum Gasteiger partial charge on any atom is 0.321 e. The average Bonchev–Trinajstić information content (AvgIpc) is 2.75. The third kappa shape index (κ3) is 4.79. The molecule has 4 rings (SSSR count). The second kappa shape index (κ2) is 8.83. The minimum Gasteiger partial charge on any atom is -0.354 e. The van der Waals surface area contributed by atoms with E-state index in [-0.39, 0.29) is 11.8 Å². The molecule has 1 N–H and O–H groups in total. The number of rotatable bonds is 3. The van der Waals surface area contributed by atoms with E-state index < -0.39 is 0 Å². The average molecular weight is 414 g/mol. The van der Waals surface area contributed by atoms with Crippen molar-refractivity contribution in [2.45, 2.75) is 6.92 Å². The van der Waals surface area contributed by atoms with E-state index in [4.69, 9.17) is 4.98 Å². The summed E-state index contributed by atoms with van der Waals surface area (Å²) in [5, 5.41) is 2.82. The van der Waals surface area contributed by atoms with Crippen LogP contribution in [0.3, 0.4) is 0 Å². The Morgan fingerprint density at radius 2 is 1.57 bits per heavy atom. The van der Waals surface area contributed by atoms with Gasteiger partial charge < -0.3 is 24.9 Å². The lowest BCUT2D eigenvalue weighted by Crippen LogP contribution is -2.50. The van der Waals surface area contributed by atoms with Crippen molar-refractivity contribution >= 4 is 23.5 Å². The monoisotopic (exact) mass is 413 g/mol. The Morgan fingerprint density at radius 1 is 0.933 bits per heavy atom. The molecular weight excluding hydrogens is 385 g/mol. The highest BCUT2D eigenvalue weighted by Gasteiger charge is 2.24. The molecular formula is C21H28FN7O. The minimum atomic E-state index is -0.323. The number of anilines is 3. The van der Waals surface area contributed by atoms with Crippen LogP contribution in [0.1, 0.15) is 5.69 Å². The summed E-state index contributed by atoms with van der Waals surface area (Å²) in [7, 11) is 2.14. The summed E-state index contributed by atoms with van der Waals surface area (Å²) in [4.78, 5) is 30.5. The molecule has 2 saturated heterocycles. The van der Waals surface area contributed by atoms with Gasteiger partial charge in [-0.3, -0.25) is 0 Å². The molecule has 0 aliphatic carbocycles. The van der Waals surface area contributed by atoms with Gasteiger partial charge in [-0.05, 0) is 38.2 Å². The zero-order chi connectivity index (χ0) is 21.1. The normalized spacial score (nSPS) is 17.9. The van der Waals surface area contributed by atoms with Gasteiger partial charge in [-0.2, -0.15) is 4.98 Å². The molecule has 0 unspecified atom stereocenters. The highest BCUT2D eigenvalue weighted by Crippen LogP contribution is 2.20. The number of aromatic nitrogens is 2. The standard InChI is InChI=1S/C21H28FN7O/c1-16-15-19(27-9-7-26(2)8-10-27)25-20(23-16)28-11-13-29(14-12-28)21(30)24-18-5-3-17(22)4-6-18/h3-6,15H,7-14H2,1-2H3,(H,24,30). The van der Waals surface area contributed by atoms with Gasteiger partial charge in [0.25, 0.3) is 0 Å². The van der Waals surface area contributed by atoms with E-state index in [1.807, 2.05) is 13.0 Å². The molecule has 0 spiro atoms. The first-order chi connectivity index (χ1) is 14.5. The van der Waals surface area contributed by atoms with Gasteiger partial charge in [0.1, 0.15) is 11.6 Å². The largest absolute Gasteiger partial charge is 0.354 e. The van der Waals surface area contributed by atoms with Crippen LogP contribution in [0.15, 0.2) is 30.3 Å². The van der Waals surface area contributed by atoms with Gasteiger partial charge in [-0.15, -0.1) is 0 Å². The van der Waals surface area contributed by atoms with Crippen LogP contribution in [0, 0.1) is 12.7 Å². The number of carbonyl (C=O) groups is 1. The van der Waals surface area contributed by atoms with Crippen molar-refractivity contribution in [2.24, 2.45) is 0 Å². The summed E-state index contributed by atoms with van der Waals surface area (Å²) in [5.41, 5.74) is 1.54. The Hall–Kier alpha value is -2.94. The number of nitrogens with one attached hydrogen (secondary N) is 1. The van der Waals surface area contributed by atoms with Crippen molar-refractivity contribution in [1.29, 1.82) is 0 Å². The van der Waals surface area contributed by atoms with E-state index in [9.17, 15) is 9.18 Å². The second-order valence-corrected chi connectivity index (χ2v) is 7.87. The van der Waals surface area contributed by atoms with E-state index in [1.165, 1.54) is 12.1 Å². The molecule has 0 bridgehead atoms. The number of benzene rings is 1. The van der Waals surface area contributed by atoms with Crippen molar-refractivity contribution in [3.8, 4) is 0 Å². The highest BCUT2D eigenvalue weighted by atomic mass is 19.1. The number of amides is 2. The fourth-order valence-corrected chi connectivity index (χ4v) is 3.72. The number of carbonyl (C=O) groups excluding carboxylic acids is 1. The number of hydrogen-bond acceptors (Lipinski definition) is 6. The lowest BCUT2D eigenvalue weighted by Gasteiger charge is -2.36.